The Kier molecular flexibility index (Phi) is 5.09. The molecule has 28 heavy (non-hydrogen) atoms. The average molecular weight is 385 g/mol. The Bertz CT molecular complexity index is 1120. The summed E-state index contributed by atoms with van der Waals surface area (Å²) in [6.07, 6.45) is 1.69. The zero-order chi connectivity index (χ0) is 19.3. The van der Waals surface area contributed by atoms with Crippen molar-refractivity contribution in [2.24, 2.45) is 0 Å². The minimum absolute atomic E-state index is 0.0609. The van der Waals surface area contributed by atoms with Crippen LogP contribution in [0, 0.1) is 11.8 Å². The number of fused-ring (bicyclic) bond motifs is 1. The summed E-state index contributed by atoms with van der Waals surface area (Å²) in [7, 11) is 0. The van der Waals surface area contributed by atoms with Gasteiger partial charge in [-0.1, -0.05) is 18.1 Å². The molecule has 0 saturated carbocycles. The highest BCUT2D eigenvalue weighted by Gasteiger charge is 2.17. The van der Waals surface area contributed by atoms with E-state index >= 15 is 0 Å². The molecule has 0 bridgehead atoms. The van der Waals surface area contributed by atoms with Gasteiger partial charge in [-0.15, -0.1) is 11.8 Å². The van der Waals surface area contributed by atoms with Gasteiger partial charge in [0.25, 0.3) is 5.91 Å². The smallest absolute Gasteiger partial charge is 0.255 e. The summed E-state index contributed by atoms with van der Waals surface area (Å²) in [5.41, 5.74) is 3.26. The molecule has 2 heterocycles. The molecule has 4 rings (SSSR count). The van der Waals surface area contributed by atoms with E-state index in [9.17, 15) is 9.59 Å². The highest BCUT2D eigenvalue weighted by atomic mass is 32.2. The molecular weight excluding hydrogens is 370 g/mol. The Morgan fingerprint density at radius 3 is 2.86 bits per heavy atom. The van der Waals surface area contributed by atoms with Crippen LogP contribution in [0.4, 0.5) is 11.4 Å². The van der Waals surface area contributed by atoms with E-state index in [0.717, 1.165) is 10.5 Å². The molecule has 5 nitrogen and oxygen atoms in total. The molecule has 6 heteroatoms. The molecule has 0 atom stereocenters. The van der Waals surface area contributed by atoms with Crippen LogP contribution in [0.3, 0.4) is 0 Å². The molecule has 1 aromatic heterocycles. The molecular formula is C22H15N3O2S. The Hall–Kier alpha value is -3.56. The van der Waals surface area contributed by atoms with E-state index in [0.29, 0.717) is 28.4 Å². The molecule has 1 aliphatic heterocycles. The number of nitrogens with zero attached hydrogens (tertiary/aromatic N) is 1. The van der Waals surface area contributed by atoms with Gasteiger partial charge in [0.05, 0.1) is 11.4 Å². The number of thioether (sulfide) groups is 1. The van der Waals surface area contributed by atoms with Crippen LogP contribution in [0.25, 0.3) is 0 Å². The zero-order valence-electron chi connectivity index (χ0n) is 14.7. The van der Waals surface area contributed by atoms with Gasteiger partial charge in [0, 0.05) is 27.9 Å². The lowest BCUT2D eigenvalue weighted by Crippen LogP contribution is -2.19. The van der Waals surface area contributed by atoms with Gasteiger partial charge in [-0.05, 0) is 54.5 Å². The van der Waals surface area contributed by atoms with Gasteiger partial charge in [-0.2, -0.15) is 0 Å². The molecule has 0 fully saturated rings. The molecule has 2 N–H and O–H groups in total. The van der Waals surface area contributed by atoms with Gasteiger partial charge >= 0.3 is 0 Å². The van der Waals surface area contributed by atoms with E-state index in [-0.39, 0.29) is 11.8 Å². The second-order valence-electron chi connectivity index (χ2n) is 6.05. The predicted octanol–water partition coefficient (Wildman–Crippen LogP) is 3.78. The molecule has 0 aliphatic carbocycles. The second-order valence-corrected chi connectivity index (χ2v) is 7.06. The number of aromatic nitrogens is 1. The van der Waals surface area contributed by atoms with Gasteiger partial charge in [-0.3, -0.25) is 9.59 Å². The third-order valence-electron chi connectivity index (χ3n) is 3.99. The second kappa shape index (κ2) is 7.99. The van der Waals surface area contributed by atoms with Crippen molar-refractivity contribution >= 4 is 35.0 Å². The van der Waals surface area contributed by atoms with Gasteiger partial charge in [0.15, 0.2) is 0 Å². The third-order valence-corrected chi connectivity index (χ3v) is 5.07. The lowest BCUT2D eigenvalue weighted by molar-refractivity contribution is -0.113. The fourth-order valence-corrected chi connectivity index (χ4v) is 3.46. The maximum absolute atomic E-state index is 12.6. The SMILES string of the molecule is O=C1CSc2ccc(C(=O)Nc3cccc(C#Cc4ccccn4)c3)cc2N1. The number of nitrogens with one attached hydrogen (secondary N) is 2. The van der Waals surface area contributed by atoms with Crippen LogP contribution in [0.2, 0.25) is 0 Å². The summed E-state index contributed by atoms with van der Waals surface area (Å²) in [5, 5.41) is 5.67. The molecule has 136 valence electrons. The highest BCUT2D eigenvalue weighted by Crippen LogP contribution is 2.32. The topological polar surface area (TPSA) is 71.1 Å². The highest BCUT2D eigenvalue weighted by molar-refractivity contribution is 8.00. The van der Waals surface area contributed by atoms with Crippen LogP contribution in [-0.2, 0) is 4.79 Å². The Morgan fingerprint density at radius 1 is 1.07 bits per heavy atom. The van der Waals surface area contributed by atoms with Crippen molar-refractivity contribution in [2.45, 2.75) is 4.90 Å². The first-order chi connectivity index (χ1) is 13.7. The summed E-state index contributed by atoms with van der Waals surface area (Å²) in [6.45, 7) is 0. The van der Waals surface area contributed by atoms with E-state index in [2.05, 4.69) is 27.5 Å². The van der Waals surface area contributed by atoms with Crippen molar-refractivity contribution in [1.29, 1.82) is 0 Å². The number of benzene rings is 2. The quantitative estimate of drug-likeness (QED) is 0.659. The maximum Gasteiger partial charge on any atom is 0.255 e. The largest absolute Gasteiger partial charge is 0.324 e. The van der Waals surface area contributed by atoms with Gasteiger partial charge < -0.3 is 10.6 Å². The predicted molar refractivity (Wildman–Crippen MR) is 110 cm³/mol. The van der Waals surface area contributed by atoms with E-state index in [1.165, 1.54) is 11.8 Å². The normalized spacial score (nSPS) is 12.2. The van der Waals surface area contributed by atoms with Gasteiger partial charge in [-0.25, -0.2) is 4.98 Å². The molecule has 2 amide bonds. The van der Waals surface area contributed by atoms with Gasteiger partial charge in [0.1, 0.15) is 5.69 Å². The van der Waals surface area contributed by atoms with Crippen LogP contribution in [0.1, 0.15) is 21.6 Å². The molecule has 0 spiro atoms. The van der Waals surface area contributed by atoms with Gasteiger partial charge in [0.2, 0.25) is 5.91 Å². The van der Waals surface area contributed by atoms with Crippen molar-refractivity contribution in [3.05, 3.63) is 83.7 Å². The van der Waals surface area contributed by atoms with Crippen LogP contribution in [-0.4, -0.2) is 22.6 Å². The number of pyridine rings is 1. The number of hydrogen-bond acceptors (Lipinski definition) is 4. The first-order valence-corrected chi connectivity index (χ1v) is 9.57. The summed E-state index contributed by atoms with van der Waals surface area (Å²) >= 11 is 1.46. The average Bonchev–Trinajstić information content (AvgIpc) is 2.72. The number of carbonyl (C=O) groups excluding carboxylic acids is 2. The van der Waals surface area contributed by atoms with E-state index in [1.54, 1.807) is 24.4 Å². The summed E-state index contributed by atoms with van der Waals surface area (Å²) < 4.78 is 0. The Morgan fingerprint density at radius 2 is 2.00 bits per heavy atom. The fourth-order valence-electron chi connectivity index (χ4n) is 2.68. The minimum atomic E-state index is -0.248. The molecule has 3 aromatic rings. The van der Waals surface area contributed by atoms with Crippen molar-refractivity contribution in [3.8, 4) is 11.8 Å². The number of hydrogen-bond donors (Lipinski definition) is 2. The first kappa shape index (κ1) is 17.8. The standard InChI is InChI=1S/C22H15N3O2S/c26-21-14-28-20-10-8-16(13-19(20)25-21)22(27)24-18-6-3-4-15(12-18)7-9-17-5-1-2-11-23-17/h1-6,8,10-13H,14H2,(H,24,27)(H,25,26). The van der Waals surface area contributed by atoms with Crippen molar-refractivity contribution in [2.75, 3.05) is 16.4 Å². The lowest BCUT2D eigenvalue weighted by Gasteiger charge is -2.17. The summed E-state index contributed by atoms with van der Waals surface area (Å²) in [4.78, 5) is 29.3. The van der Waals surface area contributed by atoms with Crippen LogP contribution in [0.15, 0.2) is 71.8 Å². The Labute approximate surface area is 166 Å². The fraction of sp³-hybridized carbons (Fsp3) is 0.0455. The maximum atomic E-state index is 12.6. The van der Waals surface area contributed by atoms with Crippen molar-refractivity contribution in [3.63, 3.8) is 0 Å². The molecule has 0 radical (unpaired) electrons. The van der Waals surface area contributed by atoms with Crippen LogP contribution < -0.4 is 10.6 Å². The van der Waals surface area contributed by atoms with E-state index in [4.69, 9.17) is 0 Å². The molecule has 1 aliphatic rings. The van der Waals surface area contributed by atoms with Crippen LogP contribution in [0.5, 0.6) is 0 Å². The zero-order valence-corrected chi connectivity index (χ0v) is 15.5. The summed E-state index contributed by atoms with van der Waals surface area (Å²) in [6, 6.07) is 18.2. The van der Waals surface area contributed by atoms with E-state index in [1.807, 2.05) is 42.5 Å². The Balaban J connectivity index is 1.50. The monoisotopic (exact) mass is 385 g/mol. The first-order valence-electron chi connectivity index (χ1n) is 8.58. The van der Waals surface area contributed by atoms with Crippen molar-refractivity contribution in [1.82, 2.24) is 4.98 Å². The van der Waals surface area contributed by atoms with Crippen LogP contribution >= 0.6 is 11.8 Å². The molecule has 2 aromatic carbocycles. The number of anilines is 2. The number of carbonyl (C=O) groups is 2. The minimum Gasteiger partial charge on any atom is -0.324 e. The number of amides is 2. The van der Waals surface area contributed by atoms with Crippen molar-refractivity contribution < 1.29 is 9.59 Å². The molecule has 0 unspecified atom stereocenters. The summed E-state index contributed by atoms with van der Waals surface area (Å²) in [5.74, 6) is 6.13. The van der Waals surface area contributed by atoms with E-state index < -0.39 is 0 Å². The lowest BCUT2D eigenvalue weighted by atomic mass is 10.1. The molecule has 0 saturated heterocycles. The number of rotatable bonds is 2. The third kappa shape index (κ3) is 4.22.